The van der Waals surface area contributed by atoms with Gasteiger partial charge in [-0.15, -0.1) is 11.8 Å². The molecule has 1 aliphatic rings. The van der Waals surface area contributed by atoms with Gasteiger partial charge in [-0.25, -0.2) is 0 Å². The summed E-state index contributed by atoms with van der Waals surface area (Å²) >= 11 is 1.93. The molecule has 0 aliphatic carbocycles. The molecule has 0 saturated heterocycles. The minimum Gasteiger partial charge on any atom is -0.389 e. The molecule has 1 aromatic heterocycles. The first-order valence-corrected chi connectivity index (χ1v) is 7.05. The van der Waals surface area contributed by atoms with Crippen LogP contribution in [0.15, 0.2) is 41.6 Å². The van der Waals surface area contributed by atoms with Crippen molar-refractivity contribution in [1.82, 2.24) is 9.78 Å². The summed E-state index contributed by atoms with van der Waals surface area (Å²) in [6.45, 7) is 2.66. The topological polar surface area (TPSA) is 38.1 Å². The van der Waals surface area contributed by atoms with Gasteiger partial charge in [0.25, 0.3) is 0 Å². The number of nitrogens with zero attached hydrogens (tertiary/aromatic N) is 2. The third kappa shape index (κ3) is 2.31. The maximum atomic E-state index is 9.48. The fourth-order valence-corrected chi connectivity index (χ4v) is 3.57. The van der Waals surface area contributed by atoms with E-state index in [1.165, 1.54) is 10.5 Å². The first-order valence-electron chi connectivity index (χ1n) is 6.17. The van der Waals surface area contributed by atoms with Crippen LogP contribution in [0.5, 0.6) is 0 Å². The summed E-state index contributed by atoms with van der Waals surface area (Å²) in [7, 11) is 0. The number of thioether (sulfide) groups is 1. The predicted molar refractivity (Wildman–Crippen MR) is 72.7 cm³/mol. The highest BCUT2D eigenvalue weighted by molar-refractivity contribution is 8.00. The van der Waals surface area contributed by atoms with E-state index in [4.69, 9.17) is 0 Å². The van der Waals surface area contributed by atoms with Crippen molar-refractivity contribution in [2.24, 2.45) is 0 Å². The summed E-state index contributed by atoms with van der Waals surface area (Å²) in [4.78, 5) is 1.39. The zero-order valence-corrected chi connectivity index (χ0v) is 11.1. The van der Waals surface area contributed by atoms with Gasteiger partial charge in [0.15, 0.2) is 0 Å². The van der Waals surface area contributed by atoms with Crippen LogP contribution in [-0.2, 0) is 13.0 Å². The van der Waals surface area contributed by atoms with Crippen LogP contribution < -0.4 is 0 Å². The van der Waals surface area contributed by atoms with Crippen molar-refractivity contribution >= 4 is 11.8 Å². The lowest BCUT2D eigenvalue weighted by Crippen LogP contribution is -2.12. The molecule has 2 aromatic rings. The highest BCUT2D eigenvalue weighted by Crippen LogP contribution is 2.37. The van der Waals surface area contributed by atoms with Crippen LogP contribution >= 0.6 is 11.8 Å². The van der Waals surface area contributed by atoms with Crippen molar-refractivity contribution in [3.8, 4) is 0 Å². The lowest BCUT2D eigenvalue weighted by molar-refractivity contribution is 0.199. The maximum Gasteiger partial charge on any atom is 0.0792 e. The molecule has 0 spiro atoms. The minimum absolute atomic E-state index is 0.438. The van der Waals surface area contributed by atoms with E-state index in [1.54, 1.807) is 13.1 Å². The molecular weight excluding hydrogens is 244 g/mol. The van der Waals surface area contributed by atoms with Crippen molar-refractivity contribution in [1.29, 1.82) is 0 Å². The molecule has 0 amide bonds. The molecule has 2 atom stereocenters. The SMILES string of the molecule is CC(O)c1cnn(CC2Cc3ccccc3S2)c1. The minimum atomic E-state index is -0.438. The number of aliphatic hydroxyl groups excluding tert-OH is 1. The van der Waals surface area contributed by atoms with Crippen LogP contribution in [0.1, 0.15) is 24.2 Å². The van der Waals surface area contributed by atoms with Crippen LogP contribution in [0.4, 0.5) is 0 Å². The quantitative estimate of drug-likeness (QED) is 0.922. The lowest BCUT2D eigenvalue weighted by atomic mass is 10.1. The zero-order valence-electron chi connectivity index (χ0n) is 10.3. The molecule has 2 heterocycles. The van der Waals surface area contributed by atoms with E-state index < -0.39 is 6.10 Å². The Hall–Kier alpha value is -1.26. The molecule has 1 aromatic carbocycles. The Morgan fingerprint density at radius 2 is 2.33 bits per heavy atom. The lowest BCUT2D eigenvalue weighted by Gasteiger charge is -2.08. The molecule has 2 unspecified atom stereocenters. The van der Waals surface area contributed by atoms with Gasteiger partial charge < -0.3 is 5.11 Å². The van der Waals surface area contributed by atoms with E-state index in [-0.39, 0.29) is 0 Å². The molecular formula is C14H16N2OS. The van der Waals surface area contributed by atoms with Crippen LogP contribution in [0.3, 0.4) is 0 Å². The maximum absolute atomic E-state index is 9.48. The second kappa shape index (κ2) is 4.78. The number of aliphatic hydroxyl groups is 1. The van der Waals surface area contributed by atoms with E-state index in [9.17, 15) is 5.11 Å². The van der Waals surface area contributed by atoms with Crippen molar-refractivity contribution < 1.29 is 5.11 Å². The average Bonchev–Trinajstić information content (AvgIpc) is 2.94. The fraction of sp³-hybridized carbons (Fsp3) is 0.357. The molecule has 3 nitrogen and oxygen atoms in total. The molecule has 0 fully saturated rings. The summed E-state index contributed by atoms with van der Waals surface area (Å²) in [6.07, 6.45) is 4.35. The summed E-state index contributed by atoms with van der Waals surface area (Å²) in [6, 6.07) is 8.58. The van der Waals surface area contributed by atoms with Crippen LogP contribution in [0.2, 0.25) is 0 Å². The Labute approximate surface area is 111 Å². The zero-order chi connectivity index (χ0) is 12.5. The number of hydrogen-bond acceptors (Lipinski definition) is 3. The Kier molecular flexibility index (Phi) is 3.14. The van der Waals surface area contributed by atoms with Crippen molar-refractivity contribution in [2.45, 2.75) is 36.1 Å². The van der Waals surface area contributed by atoms with Crippen molar-refractivity contribution in [3.63, 3.8) is 0 Å². The Morgan fingerprint density at radius 1 is 1.50 bits per heavy atom. The molecule has 0 saturated carbocycles. The van der Waals surface area contributed by atoms with Gasteiger partial charge in [0.1, 0.15) is 0 Å². The van der Waals surface area contributed by atoms with Crippen LogP contribution in [-0.4, -0.2) is 20.1 Å². The number of benzene rings is 1. The van der Waals surface area contributed by atoms with E-state index in [2.05, 4.69) is 29.4 Å². The van der Waals surface area contributed by atoms with E-state index in [0.717, 1.165) is 18.5 Å². The van der Waals surface area contributed by atoms with Gasteiger partial charge in [0.2, 0.25) is 0 Å². The summed E-state index contributed by atoms with van der Waals surface area (Å²) in [5, 5.41) is 14.3. The standard InChI is InChI=1S/C14H16N2OS/c1-10(17)12-7-15-16(8-12)9-13-6-11-4-2-3-5-14(11)18-13/h2-5,7-8,10,13,17H,6,9H2,1H3. The van der Waals surface area contributed by atoms with Crippen molar-refractivity contribution in [2.75, 3.05) is 0 Å². The second-order valence-electron chi connectivity index (χ2n) is 4.72. The van der Waals surface area contributed by atoms with Crippen molar-refractivity contribution in [3.05, 3.63) is 47.8 Å². The number of fused-ring (bicyclic) bond motifs is 1. The van der Waals surface area contributed by atoms with Gasteiger partial charge in [0, 0.05) is 21.9 Å². The molecule has 0 bridgehead atoms. The van der Waals surface area contributed by atoms with Gasteiger partial charge in [-0.2, -0.15) is 5.10 Å². The summed E-state index contributed by atoms with van der Waals surface area (Å²) in [5.41, 5.74) is 2.32. The van der Waals surface area contributed by atoms with E-state index in [0.29, 0.717) is 5.25 Å². The van der Waals surface area contributed by atoms with Gasteiger partial charge in [0.05, 0.1) is 18.8 Å². The van der Waals surface area contributed by atoms with Crippen LogP contribution in [0, 0.1) is 0 Å². The second-order valence-corrected chi connectivity index (χ2v) is 6.07. The summed E-state index contributed by atoms with van der Waals surface area (Å²) in [5.74, 6) is 0. The fourth-order valence-electron chi connectivity index (χ4n) is 2.26. The molecule has 4 heteroatoms. The largest absolute Gasteiger partial charge is 0.389 e. The third-order valence-corrected chi connectivity index (χ3v) is 4.54. The third-order valence-electron chi connectivity index (χ3n) is 3.24. The average molecular weight is 260 g/mol. The molecule has 94 valence electrons. The number of rotatable bonds is 3. The summed E-state index contributed by atoms with van der Waals surface area (Å²) < 4.78 is 1.94. The van der Waals surface area contributed by atoms with Gasteiger partial charge in [-0.3, -0.25) is 4.68 Å². The van der Waals surface area contributed by atoms with E-state index >= 15 is 0 Å². The molecule has 0 radical (unpaired) electrons. The van der Waals surface area contributed by atoms with Gasteiger partial charge in [-0.05, 0) is 25.0 Å². The Balaban J connectivity index is 1.68. The molecule has 3 rings (SSSR count). The normalized spacial score (nSPS) is 19.8. The number of hydrogen-bond donors (Lipinski definition) is 1. The molecule has 1 N–H and O–H groups in total. The van der Waals surface area contributed by atoms with Gasteiger partial charge >= 0.3 is 0 Å². The molecule has 18 heavy (non-hydrogen) atoms. The Bertz CT molecular complexity index is 525. The highest BCUT2D eigenvalue weighted by Gasteiger charge is 2.22. The predicted octanol–water partition coefficient (Wildman–Crippen LogP) is 2.65. The monoisotopic (exact) mass is 260 g/mol. The highest BCUT2D eigenvalue weighted by atomic mass is 32.2. The van der Waals surface area contributed by atoms with E-state index in [1.807, 2.05) is 22.6 Å². The Morgan fingerprint density at radius 3 is 3.06 bits per heavy atom. The molecule has 1 aliphatic heterocycles. The first-order chi connectivity index (χ1) is 8.72. The van der Waals surface area contributed by atoms with Crippen LogP contribution in [0.25, 0.3) is 0 Å². The number of aromatic nitrogens is 2. The first kappa shape index (κ1) is 11.8. The van der Waals surface area contributed by atoms with Gasteiger partial charge in [-0.1, -0.05) is 18.2 Å². The smallest absolute Gasteiger partial charge is 0.0792 e.